The maximum absolute atomic E-state index is 12.0. The number of aromatic hydroxyl groups is 1. The quantitative estimate of drug-likeness (QED) is 0.450. The zero-order valence-electron chi connectivity index (χ0n) is 14.5. The summed E-state index contributed by atoms with van der Waals surface area (Å²) in [5.74, 6) is -0.446. The molecule has 0 atom stereocenters. The van der Waals surface area contributed by atoms with E-state index in [9.17, 15) is 20.0 Å². The number of rotatable bonds is 7. The van der Waals surface area contributed by atoms with Crippen LogP contribution >= 0.6 is 0 Å². The smallest absolute Gasteiger partial charge is 0.271 e. The maximum Gasteiger partial charge on any atom is 0.271 e. The third-order valence-electron chi connectivity index (χ3n) is 3.85. The highest BCUT2D eigenvalue weighted by Gasteiger charge is 2.09. The number of benzene rings is 2. The average molecular weight is 356 g/mol. The van der Waals surface area contributed by atoms with E-state index in [-0.39, 0.29) is 17.0 Å². The molecule has 2 rings (SSSR count). The monoisotopic (exact) mass is 356 g/mol. The van der Waals surface area contributed by atoms with Crippen molar-refractivity contribution in [2.45, 2.75) is 13.8 Å². The van der Waals surface area contributed by atoms with Crippen molar-refractivity contribution in [3.05, 3.63) is 63.7 Å². The van der Waals surface area contributed by atoms with Crippen LogP contribution in [0.25, 0.3) is 0 Å². The van der Waals surface area contributed by atoms with Gasteiger partial charge in [-0.15, -0.1) is 0 Å². The average Bonchev–Trinajstić information content (AvgIpc) is 2.64. The van der Waals surface area contributed by atoms with Crippen LogP contribution in [0.4, 0.5) is 11.4 Å². The second-order valence-electron chi connectivity index (χ2n) is 5.42. The van der Waals surface area contributed by atoms with Crippen LogP contribution in [0, 0.1) is 10.1 Å². The van der Waals surface area contributed by atoms with E-state index in [4.69, 9.17) is 0 Å². The number of carbonyl (C=O) groups excluding carboxylic acids is 1. The van der Waals surface area contributed by atoms with Crippen LogP contribution in [0.15, 0.2) is 47.6 Å². The SMILES string of the molecule is CCN(CC)c1ccc(/C=N\NC(=O)c2ccc([N+](=O)[O-])cc2)c(O)c1. The number of nitro groups is 1. The van der Waals surface area contributed by atoms with Crippen molar-refractivity contribution in [3.63, 3.8) is 0 Å². The number of carbonyl (C=O) groups is 1. The summed E-state index contributed by atoms with van der Waals surface area (Å²) in [5.41, 5.74) is 3.84. The summed E-state index contributed by atoms with van der Waals surface area (Å²) < 4.78 is 0. The fraction of sp³-hybridized carbons (Fsp3) is 0.222. The number of phenols is 1. The largest absolute Gasteiger partial charge is 0.507 e. The van der Waals surface area contributed by atoms with Crippen molar-refractivity contribution in [1.29, 1.82) is 0 Å². The number of anilines is 1. The van der Waals surface area contributed by atoms with Gasteiger partial charge in [-0.2, -0.15) is 5.10 Å². The number of hydrazone groups is 1. The fourth-order valence-corrected chi connectivity index (χ4v) is 2.39. The van der Waals surface area contributed by atoms with Gasteiger partial charge in [-0.3, -0.25) is 14.9 Å². The summed E-state index contributed by atoms with van der Waals surface area (Å²) in [7, 11) is 0. The molecule has 0 bridgehead atoms. The Kier molecular flexibility index (Phi) is 6.26. The molecule has 0 unspecified atom stereocenters. The van der Waals surface area contributed by atoms with Crippen molar-refractivity contribution in [2.24, 2.45) is 5.10 Å². The highest BCUT2D eigenvalue weighted by molar-refractivity contribution is 5.95. The van der Waals surface area contributed by atoms with Crippen LogP contribution in [0.1, 0.15) is 29.8 Å². The van der Waals surface area contributed by atoms with E-state index >= 15 is 0 Å². The second-order valence-corrected chi connectivity index (χ2v) is 5.42. The van der Waals surface area contributed by atoms with Crippen molar-refractivity contribution in [1.82, 2.24) is 5.43 Å². The molecule has 2 aromatic carbocycles. The Morgan fingerprint density at radius 3 is 2.42 bits per heavy atom. The Morgan fingerprint density at radius 2 is 1.88 bits per heavy atom. The lowest BCUT2D eigenvalue weighted by molar-refractivity contribution is -0.384. The zero-order valence-corrected chi connectivity index (χ0v) is 14.5. The molecule has 1 amide bonds. The molecule has 0 aliphatic carbocycles. The van der Waals surface area contributed by atoms with Gasteiger partial charge in [-0.05, 0) is 38.1 Å². The summed E-state index contributed by atoms with van der Waals surface area (Å²) in [6.07, 6.45) is 1.34. The second kappa shape index (κ2) is 8.61. The van der Waals surface area contributed by atoms with Crippen molar-refractivity contribution in [3.8, 4) is 5.75 Å². The summed E-state index contributed by atoms with van der Waals surface area (Å²) in [6, 6.07) is 10.4. The van der Waals surface area contributed by atoms with Gasteiger partial charge in [0.05, 0.1) is 11.1 Å². The Labute approximate surface area is 150 Å². The van der Waals surface area contributed by atoms with Gasteiger partial charge in [-0.1, -0.05) is 0 Å². The van der Waals surface area contributed by atoms with E-state index in [1.807, 2.05) is 19.9 Å². The van der Waals surface area contributed by atoms with Crippen LogP contribution in [0.2, 0.25) is 0 Å². The van der Waals surface area contributed by atoms with Crippen LogP contribution < -0.4 is 10.3 Å². The molecule has 8 heteroatoms. The molecule has 0 fully saturated rings. The molecule has 0 spiro atoms. The normalized spacial score (nSPS) is 10.7. The lowest BCUT2D eigenvalue weighted by atomic mass is 10.2. The predicted molar refractivity (Wildman–Crippen MR) is 99.8 cm³/mol. The van der Waals surface area contributed by atoms with Gasteiger partial charge in [0, 0.05) is 48.1 Å². The predicted octanol–water partition coefficient (Wildman–Crippen LogP) is 2.91. The fourth-order valence-electron chi connectivity index (χ4n) is 2.39. The Bertz CT molecular complexity index is 814. The highest BCUT2D eigenvalue weighted by Crippen LogP contribution is 2.23. The first-order valence-electron chi connectivity index (χ1n) is 8.12. The van der Waals surface area contributed by atoms with E-state index in [0.717, 1.165) is 18.8 Å². The van der Waals surface area contributed by atoms with Gasteiger partial charge in [-0.25, -0.2) is 5.43 Å². The molecule has 0 aliphatic heterocycles. The van der Waals surface area contributed by atoms with Gasteiger partial charge in [0.15, 0.2) is 0 Å². The minimum absolute atomic E-state index is 0.0581. The minimum atomic E-state index is -0.537. The molecule has 0 saturated heterocycles. The van der Waals surface area contributed by atoms with E-state index in [1.165, 1.54) is 30.5 Å². The lowest BCUT2D eigenvalue weighted by Gasteiger charge is -2.21. The van der Waals surface area contributed by atoms with E-state index in [2.05, 4.69) is 15.4 Å². The number of nitrogens with zero attached hydrogens (tertiary/aromatic N) is 3. The summed E-state index contributed by atoms with van der Waals surface area (Å²) >= 11 is 0. The van der Waals surface area contributed by atoms with Gasteiger partial charge in [0.25, 0.3) is 11.6 Å². The molecular formula is C18H20N4O4. The minimum Gasteiger partial charge on any atom is -0.507 e. The highest BCUT2D eigenvalue weighted by atomic mass is 16.6. The van der Waals surface area contributed by atoms with Gasteiger partial charge in [0.2, 0.25) is 0 Å². The number of nitro benzene ring substituents is 1. The molecular weight excluding hydrogens is 336 g/mol. The summed E-state index contributed by atoms with van der Waals surface area (Å²) in [6.45, 7) is 5.72. The van der Waals surface area contributed by atoms with Gasteiger partial charge >= 0.3 is 0 Å². The zero-order chi connectivity index (χ0) is 19.1. The van der Waals surface area contributed by atoms with Crippen molar-refractivity contribution < 1.29 is 14.8 Å². The number of nitrogens with one attached hydrogen (secondary N) is 1. The molecule has 0 aromatic heterocycles. The first kappa shape index (κ1) is 18.9. The lowest BCUT2D eigenvalue weighted by Crippen LogP contribution is -2.21. The number of phenolic OH excluding ortho intramolecular Hbond substituents is 1. The molecule has 2 aromatic rings. The van der Waals surface area contributed by atoms with Gasteiger partial charge < -0.3 is 10.0 Å². The maximum atomic E-state index is 12.0. The molecule has 0 aliphatic rings. The Balaban J connectivity index is 2.03. The molecule has 26 heavy (non-hydrogen) atoms. The van der Waals surface area contributed by atoms with E-state index in [0.29, 0.717) is 5.56 Å². The third kappa shape index (κ3) is 4.56. The van der Waals surface area contributed by atoms with Crippen molar-refractivity contribution >= 4 is 23.5 Å². The number of non-ortho nitro benzene ring substituents is 1. The number of hydrogen-bond donors (Lipinski definition) is 2. The topological polar surface area (TPSA) is 108 Å². The number of hydrogen-bond acceptors (Lipinski definition) is 6. The van der Waals surface area contributed by atoms with E-state index in [1.54, 1.807) is 12.1 Å². The number of amides is 1. The molecule has 136 valence electrons. The Hall–Kier alpha value is -3.42. The van der Waals surface area contributed by atoms with Gasteiger partial charge in [0.1, 0.15) is 5.75 Å². The summed E-state index contributed by atoms with van der Waals surface area (Å²) in [5, 5.41) is 24.5. The van der Waals surface area contributed by atoms with Crippen LogP contribution in [-0.2, 0) is 0 Å². The summed E-state index contributed by atoms with van der Waals surface area (Å²) in [4.78, 5) is 24.1. The van der Waals surface area contributed by atoms with Crippen LogP contribution in [0.5, 0.6) is 5.75 Å². The van der Waals surface area contributed by atoms with E-state index < -0.39 is 10.8 Å². The first-order chi connectivity index (χ1) is 12.5. The third-order valence-corrected chi connectivity index (χ3v) is 3.85. The molecule has 8 nitrogen and oxygen atoms in total. The van der Waals surface area contributed by atoms with Crippen molar-refractivity contribution in [2.75, 3.05) is 18.0 Å². The molecule has 0 heterocycles. The molecule has 0 saturated carbocycles. The molecule has 0 radical (unpaired) electrons. The Morgan fingerprint density at radius 1 is 1.23 bits per heavy atom. The standard InChI is InChI=1S/C18H20N4O4/c1-3-21(4-2)16-10-7-14(17(23)11-16)12-19-20-18(24)13-5-8-15(9-6-13)22(25)26/h5-12,23H,3-4H2,1-2H3,(H,20,24)/b19-12-. The van der Waals surface area contributed by atoms with Crippen LogP contribution in [0.3, 0.4) is 0 Å². The molecule has 2 N–H and O–H groups in total. The van der Waals surface area contributed by atoms with Crippen LogP contribution in [-0.4, -0.2) is 35.2 Å². The first-order valence-corrected chi connectivity index (χ1v) is 8.12.